The molecule has 108 valence electrons. The molecule has 0 saturated carbocycles. The summed E-state index contributed by atoms with van der Waals surface area (Å²) in [5.74, 6) is 0. The predicted molar refractivity (Wildman–Crippen MR) is 78.9 cm³/mol. The number of hydrogen-bond donors (Lipinski definition) is 0. The molecule has 1 rings (SSSR count). The van der Waals surface area contributed by atoms with Crippen LogP contribution in [0, 0.1) is 10.8 Å². The largest absolute Gasteiger partial charge is 0.378 e. The quantitative estimate of drug-likeness (QED) is 0.712. The third kappa shape index (κ3) is 5.71. The number of piperidine rings is 1. The molecule has 0 aliphatic carbocycles. The lowest BCUT2D eigenvalue weighted by Gasteiger charge is -2.36. The van der Waals surface area contributed by atoms with E-state index in [9.17, 15) is 0 Å². The average Bonchev–Trinajstić information content (AvgIpc) is 2.27. The zero-order chi connectivity index (χ0) is 13.8. The number of hydrogen-bond acceptors (Lipinski definition) is 2. The van der Waals surface area contributed by atoms with E-state index in [1.807, 2.05) is 0 Å². The van der Waals surface area contributed by atoms with Crippen LogP contribution < -0.4 is 0 Å². The Bertz CT molecular complexity index is 239. The molecule has 0 spiro atoms. The van der Waals surface area contributed by atoms with Crippen LogP contribution in [-0.4, -0.2) is 37.7 Å². The van der Waals surface area contributed by atoms with Gasteiger partial charge < -0.3 is 9.64 Å². The minimum absolute atomic E-state index is 0.295. The van der Waals surface area contributed by atoms with Crippen molar-refractivity contribution in [2.45, 2.75) is 66.4 Å². The maximum Gasteiger partial charge on any atom is 0.0599 e. The summed E-state index contributed by atoms with van der Waals surface area (Å²) in [5.41, 5.74) is 0.725. The second kappa shape index (κ2) is 6.38. The van der Waals surface area contributed by atoms with Crippen LogP contribution >= 0.6 is 0 Å². The number of rotatable bonds is 6. The van der Waals surface area contributed by atoms with Gasteiger partial charge in [0.1, 0.15) is 0 Å². The van der Waals surface area contributed by atoms with E-state index in [1.165, 1.54) is 38.8 Å². The van der Waals surface area contributed by atoms with Gasteiger partial charge >= 0.3 is 0 Å². The first kappa shape index (κ1) is 16.0. The normalized spacial score (nSPS) is 20.3. The first-order valence-corrected chi connectivity index (χ1v) is 7.54. The van der Waals surface area contributed by atoms with Gasteiger partial charge in [0.05, 0.1) is 12.7 Å². The maximum absolute atomic E-state index is 6.16. The summed E-state index contributed by atoms with van der Waals surface area (Å²) in [6, 6.07) is 0. The van der Waals surface area contributed by atoms with Gasteiger partial charge in [-0.25, -0.2) is 0 Å². The van der Waals surface area contributed by atoms with Crippen molar-refractivity contribution in [3.05, 3.63) is 0 Å². The van der Waals surface area contributed by atoms with Crippen LogP contribution in [0.2, 0.25) is 0 Å². The SMILES string of the molecule is CCC(C)(C)CC(C)(C)COC1CCN(C)CC1. The molecule has 0 radical (unpaired) electrons. The van der Waals surface area contributed by atoms with Crippen LogP contribution in [0.4, 0.5) is 0 Å². The van der Waals surface area contributed by atoms with E-state index in [-0.39, 0.29) is 0 Å². The highest BCUT2D eigenvalue weighted by molar-refractivity contribution is 4.79. The van der Waals surface area contributed by atoms with E-state index in [4.69, 9.17) is 4.74 Å². The molecule has 0 amide bonds. The zero-order valence-electron chi connectivity index (χ0n) is 13.4. The van der Waals surface area contributed by atoms with E-state index in [0.717, 1.165) is 6.61 Å². The van der Waals surface area contributed by atoms with Crippen LogP contribution in [0.15, 0.2) is 0 Å². The number of nitrogens with zero attached hydrogens (tertiary/aromatic N) is 1. The van der Waals surface area contributed by atoms with Crippen molar-refractivity contribution < 1.29 is 4.74 Å². The maximum atomic E-state index is 6.16. The molecule has 1 heterocycles. The smallest absolute Gasteiger partial charge is 0.0599 e. The first-order chi connectivity index (χ1) is 8.24. The van der Waals surface area contributed by atoms with E-state index in [1.54, 1.807) is 0 Å². The van der Waals surface area contributed by atoms with Crippen molar-refractivity contribution in [1.29, 1.82) is 0 Å². The Balaban J connectivity index is 2.32. The van der Waals surface area contributed by atoms with Crippen molar-refractivity contribution >= 4 is 0 Å². The highest BCUT2D eigenvalue weighted by atomic mass is 16.5. The van der Waals surface area contributed by atoms with Crippen LogP contribution in [0.3, 0.4) is 0 Å². The second-order valence-corrected chi connectivity index (χ2v) is 7.67. The van der Waals surface area contributed by atoms with Crippen molar-refractivity contribution in [2.75, 3.05) is 26.7 Å². The predicted octanol–water partition coefficient (Wildman–Crippen LogP) is 3.95. The molecule has 0 aromatic carbocycles. The molecule has 0 aromatic rings. The minimum Gasteiger partial charge on any atom is -0.378 e. The fourth-order valence-electron chi connectivity index (χ4n) is 2.97. The summed E-state index contributed by atoms with van der Waals surface area (Å²) in [6.07, 6.45) is 5.37. The molecular formula is C16H33NO. The molecule has 1 aliphatic heterocycles. The molecule has 18 heavy (non-hydrogen) atoms. The Morgan fingerprint density at radius 1 is 1.06 bits per heavy atom. The van der Waals surface area contributed by atoms with Gasteiger partial charge in [0, 0.05) is 13.1 Å². The summed E-state index contributed by atoms with van der Waals surface area (Å²) in [6.45, 7) is 15.0. The van der Waals surface area contributed by atoms with Gasteiger partial charge in [-0.05, 0) is 37.1 Å². The lowest BCUT2D eigenvalue weighted by Crippen LogP contribution is -2.36. The van der Waals surface area contributed by atoms with Crippen LogP contribution in [0.25, 0.3) is 0 Å². The van der Waals surface area contributed by atoms with Crippen molar-refractivity contribution in [1.82, 2.24) is 4.90 Å². The van der Waals surface area contributed by atoms with Gasteiger partial charge in [-0.2, -0.15) is 0 Å². The Morgan fingerprint density at radius 2 is 1.61 bits per heavy atom. The fourth-order valence-corrected chi connectivity index (χ4v) is 2.97. The first-order valence-electron chi connectivity index (χ1n) is 7.54. The Kier molecular flexibility index (Phi) is 5.67. The highest BCUT2D eigenvalue weighted by Crippen LogP contribution is 2.36. The van der Waals surface area contributed by atoms with Gasteiger partial charge in [0.25, 0.3) is 0 Å². The summed E-state index contributed by atoms with van der Waals surface area (Å²) in [5, 5.41) is 0. The average molecular weight is 255 g/mol. The van der Waals surface area contributed by atoms with Crippen molar-refractivity contribution in [2.24, 2.45) is 10.8 Å². The lowest BCUT2D eigenvalue weighted by atomic mass is 9.74. The molecule has 0 unspecified atom stereocenters. The third-order valence-corrected chi connectivity index (χ3v) is 4.29. The Morgan fingerprint density at radius 3 is 2.11 bits per heavy atom. The monoisotopic (exact) mass is 255 g/mol. The van der Waals surface area contributed by atoms with E-state index < -0.39 is 0 Å². The molecule has 0 aromatic heterocycles. The molecule has 0 N–H and O–H groups in total. The lowest BCUT2D eigenvalue weighted by molar-refractivity contribution is -0.0360. The van der Waals surface area contributed by atoms with E-state index >= 15 is 0 Å². The topological polar surface area (TPSA) is 12.5 Å². The van der Waals surface area contributed by atoms with E-state index in [0.29, 0.717) is 16.9 Å². The minimum atomic E-state index is 0.295. The molecule has 0 bridgehead atoms. The Labute approximate surface area is 114 Å². The third-order valence-electron chi connectivity index (χ3n) is 4.29. The standard InChI is InChI=1S/C16H33NO/c1-7-15(2,3)12-16(4,5)13-18-14-8-10-17(6)11-9-14/h14H,7-13H2,1-6H3. The molecule has 0 atom stereocenters. The molecule has 2 heteroatoms. The summed E-state index contributed by atoms with van der Waals surface area (Å²) in [7, 11) is 2.20. The van der Waals surface area contributed by atoms with Crippen LogP contribution in [-0.2, 0) is 4.74 Å². The molecule has 1 saturated heterocycles. The van der Waals surface area contributed by atoms with Crippen LogP contribution in [0.1, 0.15) is 60.3 Å². The number of ether oxygens (including phenoxy) is 1. The molecule has 1 fully saturated rings. The highest BCUT2D eigenvalue weighted by Gasteiger charge is 2.29. The van der Waals surface area contributed by atoms with Gasteiger partial charge in [-0.15, -0.1) is 0 Å². The van der Waals surface area contributed by atoms with Crippen molar-refractivity contribution in [3.8, 4) is 0 Å². The van der Waals surface area contributed by atoms with Gasteiger partial charge in [0.15, 0.2) is 0 Å². The van der Waals surface area contributed by atoms with Gasteiger partial charge in [-0.1, -0.05) is 41.0 Å². The summed E-state index contributed by atoms with van der Waals surface area (Å²) < 4.78 is 6.16. The molecule has 2 nitrogen and oxygen atoms in total. The number of likely N-dealkylation sites (tertiary alicyclic amines) is 1. The zero-order valence-corrected chi connectivity index (χ0v) is 13.4. The summed E-state index contributed by atoms with van der Waals surface area (Å²) >= 11 is 0. The second-order valence-electron chi connectivity index (χ2n) is 7.67. The van der Waals surface area contributed by atoms with Crippen molar-refractivity contribution in [3.63, 3.8) is 0 Å². The van der Waals surface area contributed by atoms with Gasteiger partial charge in [-0.3, -0.25) is 0 Å². The van der Waals surface area contributed by atoms with Gasteiger partial charge in [0.2, 0.25) is 0 Å². The molecule has 1 aliphatic rings. The summed E-state index contributed by atoms with van der Waals surface area (Å²) in [4.78, 5) is 2.39. The molecular weight excluding hydrogens is 222 g/mol. The fraction of sp³-hybridized carbons (Fsp3) is 1.00. The van der Waals surface area contributed by atoms with E-state index in [2.05, 4.69) is 46.6 Å². The Hall–Kier alpha value is -0.0800. The van der Waals surface area contributed by atoms with Crippen LogP contribution in [0.5, 0.6) is 0 Å².